The van der Waals surface area contributed by atoms with Crippen molar-refractivity contribution in [2.24, 2.45) is 0 Å². The Bertz CT molecular complexity index is 977. The Balaban J connectivity index is 1.92. The molecule has 2 N–H and O–H groups in total. The number of amides is 1. The highest BCUT2D eigenvalue weighted by atomic mass is 16.5. The number of aromatic amines is 1. The van der Waals surface area contributed by atoms with Gasteiger partial charge in [-0.15, -0.1) is 0 Å². The van der Waals surface area contributed by atoms with Gasteiger partial charge in [-0.05, 0) is 24.3 Å². The Morgan fingerprint density at radius 3 is 2.42 bits per heavy atom. The number of hydrogen-bond acceptors (Lipinski definition) is 5. The lowest BCUT2D eigenvalue weighted by Gasteiger charge is -2.09. The SMILES string of the molecule is COC(=O)c1cccc(NC(=O)c2c[nH]c3cc(OC)c(OC)cc23)c1. The van der Waals surface area contributed by atoms with Crippen molar-refractivity contribution in [2.75, 3.05) is 26.6 Å². The topological polar surface area (TPSA) is 89.7 Å². The molecule has 0 bridgehead atoms. The van der Waals surface area contributed by atoms with Crippen molar-refractivity contribution in [3.63, 3.8) is 0 Å². The number of fused-ring (bicyclic) bond motifs is 1. The third kappa shape index (κ3) is 3.19. The Hall–Kier alpha value is -3.48. The molecule has 0 fully saturated rings. The molecule has 3 aromatic rings. The van der Waals surface area contributed by atoms with Gasteiger partial charge in [0.1, 0.15) is 0 Å². The van der Waals surface area contributed by atoms with Crippen LogP contribution in [0, 0.1) is 0 Å². The highest BCUT2D eigenvalue weighted by Crippen LogP contribution is 2.33. The van der Waals surface area contributed by atoms with E-state index in [1.807, 2.05) is 0 Å². The van der Waals surface area contributed by atoms with E-state index in [4.69, 9.17) is 14.2 Å². The van der Waals surface area contributed by atoms with Crippen LogP contribution in [0.25, 0.3) is 10.9 Å². The van der Waals surface area contributed by atoms with Gasteiger partial charge in [0.2, 0.25) is 0 Å². The van der Waals surface area contributed by atoms with E-state index in [1.54, 1.807) is 49.7 Å². The van der Waals surface area contributed by atoms with Gasteiger partial charge in [-0.3, -0.25) is 4.79 Å². The fraction of sp³-hybridized carbons (Fsp3) is 0.158. The molecule has 0 radical (unpaired) electrons. The van der Waals surface area contributed by atoms with Gasteiger partial charge in [0.15, 0.2) is 11.5 Å². The maximum absolute atomic E-state index is 12.7. The summed E-state index contributed by atoms with van der Waals surface area (Å²) >= 11 is 0. The van der Waals surface area contributed by atoms with Gasteiger partial charge in [-0.25, -0.2) is 4.79 Å². The number of carbonyl (C=O) groups is 2. The molecule has 1 amide bonds. The van der Waals surface area contributed by atoms with Gasteiger partial charge < -0.3 is 24.5 Å². The maximum Gasteiger partial charge on any atom is 0.337 e. The number of rotatable bonds is 5. The number of benzene rings is 2. The van der Waals surface area contributed by atoms with Crippen molar-refractivity contribution in [1.82, 2.24) is 4.98 Å². The van der Waals surface area contributed by atoms with Gasteiger partial charge in [0, 0.05) is 23.3 Å². The van der Waals surface area contributed by atoms with Crippen LogP contribution in [0.3, 0.4) is 0 Å². The number of nitrogens with one attached hydrogen (secondary N) is 2. The van der Waals surface area contributed by atoms with Crippen LogP contribution in [0.1, 0.15) is 20.7 Å². The molecule has 0 saturated carbocycles. The third-order valence-electron chi connectivity index (χ3n) is 3.97. The molecule has 7 nitrogen and oxygen atoms in total. The van der Waals surface area contributed by atoms with E-state index in [1.165, 1.54) is 14.2 Å². The van der Waals surface area contributed by atoms with E-state index in [9.17, 15) is 9.59 Å². The zero-order valence-corrected chi connectivity index (χ0v) is 14.6. The minimum absolute atomic E-state index is 0.314. The second-order valence-corrected chi connectivity index (χ2v) is 5.48. The Labute approximate surface area is 149 Å². The molecule has 0 spiro atoms. The first kappa shape index (κ1) is 17.3. The second kappa shape index (κ2) is 7.18. The van der Waals surface area contributed by atoms with Crippen LogP contribution in [0.5, 0.6) is 11.5 Å². The maximum atomic E-state index is 12.7. The summed E-state index contributed by atoms with van der Waals surface area (Å²) in [4.78, 5) is 27.3. The van der Waals surface area contributed by atoms with E-state index in [0.29, 0.717) is 33.7 Å². The number of esters is 1. The number of carbonyl (C=O) groups excluding carboxylic acids is 2. The highest BCUT2D eigenvalue weighted by Gasteiger charge is 2.16. The van der Waals surface area contributed by atoms with Crippen LogP contribution in [0.4, 0.5) is 5.69 Å². The molecule has 0 saturated heterocycles. The summed E-state index contributed by atoms with van der Waals surface area (Å²) in [7, 11) is 4.39. The summed E-state index contributed by atoms with van der Waals surface area (Å²) in [6.07, 6.45) is 1.61. The lowest BCUT2D eigenvalue weighted by atomic mass is 10.1. The first-order valence-corrected chi connectivity index (χ1v) is 7.80. The molecule has 0 unspecified atom stereocenters. The van der Waals surface area contributed by atoms with Gasteiger partial charge in [-0.2, -0.15) is 0 Å². The predicted molar refractivity (Wildman–Crippen MR) is 97.1 cm³/mol. The number of ether oxygens (including phenoxy) is 3. The van der Waals surface area contributed by atoms with Gasteiger partial charge >= 0.3 is 5.97 Å². The van der Waals surface area contributed by atoms with Crippen molar-refractivity contribution in [3.05, 3.63) is 53.7 Å². The van der Waals surface area contributed by atoms with Gasteiger partial charge in [-0.1, -0.05) is 6.07 Å². The fourth-order valence-corrected chi connectivity index (χ4v) is 2.68. The molecule has 1 heterocycles. The summed E-state index contributed by atoms with van der Waals surface area (Å²) in [5.74, 6) is 0.316. The minimum Gasteiger partial charge on any atom is -0.493 e. The average molecular weight is 354 g/mol. The van der Waals surface area contributed by atoms with Crippen LogP contribution in [-0.4, -0.2) is 38.2 Å². The molecule has 0 aliphatic rings. The van der Waals surface area contributed by atoms with Crippen LogP contribution < -0.4 is 14.8 Å². The van der Waals surface area contributed by atoms with Crippen LogP contribution in [0.15, 0.2) is 42.6 Å². The molecule has 134 valence electrons. The number of hydrogen-bond donors (Lipinski definition) is 2. The zero-order valence-electron chi connectivity index (χ0n) is 14.6. The minimum atomic E-state index is -0.468. The van der Waals surface area contributed by atoms with Crippen molar-refractivity contribution >= 4 is 28.5 Å². The van der Waals surface area contributed by atoms with Crippen LogP contribution in [0.2, 0.25) is 0 Å². The largest absolute Gasteiger partial charge is 0.493 e. The fourth-order valence-electron chi connectivity index (χ4n) is 2.68. The zero-order chi connectivity index (χ0) is 18.7. The Kier molecular flexibility index (Phi) is 4.79. The van der Waals surface area contributed by atoms with E-state index < -0.39 is 5.97 Å². The Morgan fingerprint density at radius 1 is 1.00 bits per heavy atom. The number of methoxy groups -OCH3 is 3. The van der Waals surface area contributed by atoms with E-state index in [-0.39, 0.29) is 5.91 Å². The number of aromatic nitrogens is 1. The summed E-state index contributed by atoms with van der Waals surface area (Å²) < 4.78 is 15.3. The van der Waals surface area contributed by atoms with Crippen molar-refractivity contribution in [2.45, 2.75) is 0 Å². The second-order valence-electron chi connectivity index (χ2n) is 5.48. The van der Waals surface area contributed by atoms with Crippen LogP contribution >= 0.6 is 0 Å². The molecule has 1 aromatic heterocycles. The molecule has 26 heavy (non-hydrogen) atoms. The van der Waals surface area contributed by atoms with Crippen molar-refractivity contribution < 1.29 is 23.8 Å². The summed E-state index contributed by atoms with van der Waals surface area (Å²) in [5.41, 5.74) is 2.05. The van der Waals surface area contributed by atoms with Crippen molar-refractivity contribution in [3.8, 4) is 11.5 Å². The smallest absolute Gasteiger partial charge is 0.337 e. The molecule has 2 aromatic carbocycles. The molecular weight excluding hydrogens is 336 g/mol. The number of H-pyrrole nitrogens is 1. The summed E-state index contributed by atoms with van der Waals surface area (Å²) in [6, 6.07) is 10.0. The first-order valence-electron chi connectivity index (χ1n) is 7.80. The lowest BCUT2D eigenvalue weighted by Crippen LogP contribution is -2.12. The van der Waals surface area contributed by atoms with Crippen LogP contribution in [-0.2, 0) is 4.74 Å². The van der Waals surface area contributed by atoms with Crippen molar-refractivity contribution in [1.29, 1.82) is 0 Å². The molecule has 7 heteroatoms. The average Bonchev–Trinajstić information content (AvgIpc) is 3.09. The van der Waals surface area contributed by atoms with Gasteiger partial charge in [0.25, 0.3) is 5.91 Å². The Morgan fingerprint density at radius 2 is 1.73 bits per heavy atom. The standard InChI is InChI=1S/C19H18N2O5/c1-24-16-8-13-14(10-20-15(13)9-17(16)25-2)18(22)21-12-6-4-5-11(7-12)19(23)26-3/h4-10,20H,1-3H3,(H,21,22). The highest BCUT2D eigenvalue weighted by molar-refractivity contribution is 6.13. The summed E-state index contributed by atoms with van der Waals surface area (Å²) in [6.45, 7) is 0. The molecular formula is C19H18N2O5. The van der Waals surface area contributed by atoms with E-state index >= 15 is 0 Å². The monoisotopic (exact) mass is 354 g/mol. The summed E-state index contributed by atoms with van der Waals surface area (Å²) in [5, 5.41) is 3.48. The molecule has 0 aliphatic heterocycles. The normalized spacial score (nSPS) is 10.4. The molecule has 0 atom stereocenters. The number of anilines is 1. The van der Waals surface area contributed by atoms with Gasteiger partial charge in [0.05, 0.1) is 38.0 Å². The molecule has 0 aliphatic carbocycles. The molecule has 3 rings (SSSR count). The first-order chi connectivity index (χ1) is 12.6. The van der Waals surface area contributed by atoms with E-state index in [0.717, 1.165) is 5.52 Å². The third-order valence-corrected chi connectivity index (χ3v) is 3.97. The lowest BCUT2D eigenvalue weighted by molar-refractivity contribution is 0.0600. The quantitative estimate of drug-likeness (QED) is 0.687. The van der Waals surface area contributed by atoms with E-state index in [2.05, 4.69) is 10.3 Å². The predicted octanol–water partition coefficient (Wildman–Crippen LogP) is 3.22.